The lowest BCUT2D eigenvalue weighted by molar-refractivity contribution is -0.119. The van der Waals surface area contributed by atoms with Crippen molar-refractivity contribution in [3.8, 4) is 0 Å². The van der Waals surface area contributed by atoms with Gasteiger partial charge in [0.15, 0.2) is 0 Å². The summed E-state index contributed by atoms with van der Waals surface area (Å²) in [5.74, 6) is -0.664. The molecule has 0 aliphatic carbocycles. The van der Waals surface area contributed by atoms with Crippen LogP contribution in [0.25, 0.3) is 0 Å². The van der Waals surface area contributed by atoms with E-state index in [0.717, 1.165) is 0 Å². The van der Waals surface area contributed by atoms with Crippen LogP contribution >= 0.6 is 0 Å². The van der Waals surface area contributed by atoms with Crippen molar-refractivity contribution in [1.82, 2.24) is 15.3 Å². The molecule has 1 unspecified atom stereocenters. The lowest BCUT2D eigenvalue weighted by atomic mass is 10.2. The maximum atomic E-state index is 14.6. The summed E-state index contributed by atoms with van der Waals surface area (Å²) in [6.45, 7) is 2.25. The molecule has 27 heavy (non-hydrogen) atoms. The van der Waals surface area contributed by atoms with Crippen molar-refractivity contribution in [2.24, 2.45) is 0 Å². The SMILES string of the molecule is CC(=O)NCC1CN(c2ccc(N(C)Cc3cnccn3)c(F)c2)C(=O)O1. The van der Waals surface area contributed by atoms with Crippen molar-refractivity contribution in [1.29, 1.82) is 0 Å². The predicted octanol–water partition coefficient (Wildman–Crippen LogP) is 1.71. The third-order valence-corrected chi connectivity index (χ3v) is 4.12. The second kappa shape index (κ2) is 7.98. The Bertz CT molecular complexity index is 833. The van der Waals surface area contributed by atoms with Gasteiger partial charge >= 0.3 is 6.09 Å². The van der Waals surface area contributed by atoms with Crippen molar-refractivity contribution in [2.45, 2.75) is 19.6 Å². The maximum Gasteiger partial charge on any atom is 0.414 e. The summed E-state index contributed by atoms with van der Waals surface area (Å²) in [6, 6.07) is 4.56. The van der Waals surface area contributed by atoms with E-state index in [9.17, 15) is 14.0 Å². The summed E-state index contributed by atoms with van der Waals surface area (Å²) in [5, 5.41) is 2.60. The van der Waals surface area contributed by atoms with E-state index in [2.05, 4.69) is 15.3 Å². The first-order valence-corrected chi connectivity index (χ1v) is 8.42. The van der Waals surface area contributed by atoms with Crippen LogP contribution in [0.5, 0.6) is 0 Å². The third kappa shape index (κ3) is 4.49. The van der Waals surface area contributed by atoms with Crippen molar-refractivity contribution in [2.75, 3.05) is 29.9 Å². The number of amides is 2. The summed E-state index contributed by atoms with van der Waals surface area (Å²) < 4.78 is 19.8. The minimum absolute atomic E-state index is 0.203. The van der Waals surface area contributed by atoms with Gasteiger partial charge in [-0.1, -0.05) is 0 Å². The first-order valence-electron chi connectivity index (χ1n) is 8.42. The molecule has 3 rings (SSSR count). The lowest BCUT2D eigenvalue weighted by Gasteiger charge is -2.21. The highest BCUT2D eigenvalue weighted by molar-refractivity contribution is 5.90. The number of benzene rings is 1. The van der Waals surface area contributed by atoms with Gasteiger partial charge < -0.3 is 15.0 Å². The highest BCUT2D eigenvalue weighted by Crippen LogP contribution is 2.28. The molecule has 1 aromatic carbocycles. The Labute approximate surface area is 156 Å². The van der Waals surface area contributed by atoms with Crippen LogP contribution in [-0.4, -0.2) is 48.2 Å². The van der Waals surface area contributed by atoms with E-state index in [4.69, 9.17) is 4.74 Å². The number of aromatic nitrogens is 2. The Balaban J connectivity index is 1.69. The topological polar surface area (TPSA) is 87.7 Å². The molecule has 0 saturated carbocycles. The smallest absolute Gasteiger partial charge is 0.414 e. The summed E-state index contributed by atoms with van der Waals surface area (Å²) >= 11 is 0. The molecular formula is C18H20FN5O3. The van der Waals surface area contributed by atoms with Gasteiger partial charge in [-0.25, -0.2) is 9.18 Å². The number of hydrogen-bond donors (Lipinski definition) is 1. The normalized spacial score (nSPS) is 16.2. The van der Waals surface area contributed by atoms with E-state index in [1.165, 1.54) is 17.9 Å². The van der Waals surface area contributed by atoms with Gasteiger partial charge in [0.1, 0.15) is 11.9 Å². The molecule has 1 saturated heterocycles. The largest absolute Gasteiger partial charge is 0.442 e. The Hall–Kier alpha value is -3.23. The number of ether oxygens (including phenoxy) is 1. The molecule has 0 spiro atoms. The van der Waals surface area contributed by atoms with E-state index in [1.54, 1.807) is 42.7 Å². The molecule has 0 radical (unpaired) electrons. The summed E-state index contributed by atoms with van der Waals surface area (Å²) in [7, 11) is 1.75. The molecule has 8 nitrogen and oxygen atoms in total. The van der Waals surface area contributed by atoms with Crippen LogP contribution in [0.2, 0.25) is 0 Å². The fraction of sp³-hybridized carbons (Fsp3) is 0.333. The molecule has 2 heterocycles. The predicted molar refractivity (Wildman–Crippen MR) is 96.8 cm³/mol. The van der Waals surface area contributed by atoms with Gasteiger partial charge in [0, 0.05) is 26.4 Å². The number of hydrogen-bond acceptors (Lipinski definition) is 6. The van der Waals surface area contributed by atoms with Crippen LogP contribution < -0.4 is 15.1 Å². The first-order chi connectivity index (χ1) is 12.9. The molecule has 142 valence electrons. The van der Waals surface area contributed by atoms with Crippen molar-refractivity contribution in [3.63, 3.8) is 0 Å². The van der Waals surface area contributed by atoms with Gasteiger partial charge in [-0.15, -0.1) is 0 Å². The number of halogens is 1. The van der Waals surface area contributed by atoms with Crippen LogP contribution in [0.1, 0.15) is 12.6 Å². The van der Waals surface area contributed by atoms with E-state index in [1.807, 2.05) is 0 Å². The number of carbonyl (C=O) groups is 2. The van der Waals surface area contributed by atoms with Gasteiger partial charge in [0.05, 0.1) is 42.9 Å². The molecule has 9 heteroatoms. The van der Waals surface area contributed by atoms with E-state index in [-0.39, 0.29) is 19.0 Å². The molecule has 1 aliphatic heterocycles. The Morgan fingerprint density at radius 3 is 2.93 bits per heavy atom. The van der Waals surface area contributed by atoms with Gasteiger partial charge in [0.25, 0.3) is 0 Å². The molecule has 1 aromatic heterocycles. The lowest BCUT2D eigenvalue weighted by Crippen LogP contribution is -2.33. The van der Waals surface area contributed by atoms with Crippen molar-refractivity contribution < 1.29 is 18.7 Å². The molecular weight excluding hydrogens is 353 g/mol. The average molecular weight is 373 g/mol. The third-order valence-electron chi connectivity index (χ3n) is 4.12. The summed E-state index contributed by atoms with van der Waals surface area (Å²) in [6.07, 6.45) is 3.75. The summed E-state index contributed by atoms with van der Waals surface area (Å²) in [5.41, 5.74) is 1.50. The zero-order valence-corrected chi connectivity index (χ0v) is 15.1. The number of cyclic esters (lactones) is 1. The zero-order chi connectivity index (χ0) is 19.4. The Morgan fingerprint density at radius 1 is 1.44 bits per heavy atom. The fourth-order valence-electron chi connectivity index (χ4n) is 2.81. The molecule has 0 bridgehead atoms. The number of carbonyl (C=O) groups excluding carboxylic acids is 2. The van der Waals surface area contributed by atoms with Crippen LogP contribution in [0, 0.1) is 5.82 Å². The van der Waals surface area contributed by atoms with E-state index in [0.29, 0.717) is 23.6 Å². The second-order valence-corrected chi connectivity index (χ2v) is 6.24. The van der Waals surface area contributed by atoms with E-state index >= 15 is 0 Å². The molecule has 2 amide bonds. The average Bonchev–Trinajstić information content (AvgIpc) is 3.01. The highest BCUT2D eigenvalue weighted by Gasteiger charge is 2.32. The van der Waals surface area contributed by atoms with Crippen LogP contribution in [0.3, 0.4) is 0 Å². The minimum Gasteiger partial charge on any atom is -0.442 e. The van der Waals surface area contributed by atoms with Crippen LogP contribution in [0.15, 0.2) is 36.8 Å². The van der Waals surface area contributed by atoms with Gasteiger partial charge in [-0.3, -0.25) is 19.7 Å². The first kappa shape index (κ1) is 18.6. The quantitative estimate of drug-likeness (QED) is 0.830. The van der Waals surface area contributed by atoms with Crippen molar-refractivity contribution >= 4 is 23.4 Å². The highest BCUT2D eigenvalue weighted by atomic mass is 19.1. The van der Waals surface area contributed by atoms with E-state index < -0.39 is 18.0 Å². The van der Waals surface area contributed by atoms with Crippen molar-refractivity contribution in [3.05, 3.63) is 48.3 Å². The molecule has 1 atom stereocenters. The monoisotopic (exact) mass is 373 g/mol. The van der Waals surface area contributed by atoms with Gasteiger partial charge in [-0.2, -0.15) is 0 Å². The number of nitrogens with one attached hydrogen (secondary N) is 1. The molecule has 1 aliphatic rings. The molecule has 1 N–H and O–H groups in total. The molecule has 2 aromatic rings. The van der Waals surface area contributed by atoms with Crippen LogP contribution in [-0.2, 0) is 16.1 Å². The maximum absolute atomic E-state index is 14.6. The minimum atomic E-state index is -0.564. The number of nitrogens with zero attached hydrogens (tertiary/aromatic N) is 4. The molecule has 1 fully saturated rings. The standard InChI is InChI=1S/C18H20FN5O3/c1-12(25)22-9-15-11-24(18(26)27-15)14-3-4-17(16(19)7-14)23(2)10-13-8-20-5-6-21-13/h3-8,15H,9-11H2,1-2H3,(H,22,25). The van der Waals surface area contributed by atoms with Gasteiger partial charge in [-0.05, 0) is 18.2 Å². The zero-order valence-electron chi connectivity index (χ0n) is 15.1. The number of anilines is 2. The Kier molecular flexibility index (Phi) is 5.49. The number of rotatable bonds is 6. The van der Waals surface area contributed by atoms with Crippen LogP contribution in [0.4, 0.5) is 20.6 Å². The Morgan fingerprint density at radius 2 is 2.26 bits per heavy atom. The second-order valence-electron chi connectivity index (χ2n) is 6.24. The summed E-state index contributed by atoms with van der Waals surface area (Å²) in [4.78, 5) is 34.3. The van der Waals surface area contributed by atoms with Gasteiger partial charge in [0.2, 0.25) is 5.91 Å². The fourth-order valence-corrected chi connectivity index (χ4v) is 2.81.